The second kappa shape index (κ2) is 5.16. The Morgan fingerprint density at radius 3 is 2.75 bits per heavy atom. The van der Waals surface area contributed by atoms with Gasteiger partial charge in [-0.3, -0.25) is 0 Å². The van der Waals surface area contributed by atoms with Crippen LogP contribution in [0.15, 0.2) is 6.07 Å². The lowest BCUT2D eigenvalue weighted by molar-refractivity contribution is 0.0598. The van der Waals surface area contributed by atoms with Gasteiger partial charge < -0.3 is 4.74 Å². The first-order chi connectivity index (χ1) is 7.51. The SMILES string of the molecule is COC(=O)c1cc(C#N)c(C(F)F)nc1I. The predicted octanol–water partition coefficient (Wildman–Crippen LogP) is 2.28. The summed E-state index contributed by atoms with van der Waals surface area (Å²) in [7, 11) is 1.16. The van der Waals surface area contributed by atoms with Crippen LogP contribution in [-0.4, -0.2) is 18.1 Å². The molecule has 0 N–H and O–H groups in total. The molecule has 0 aliphatic rings. The molecule has 0 aromatic carbocycles. The molecular weight excluding hydrogens is 333 g/mol. The zero-order valence-electron chi connectivity index (χ0n) is 8.00. The fourth-order valence-corrected chi connectivity index (χ4v) is 1.65. The summed E-state index contributed by atoms with van der Waals surface area (Å²) in [5, 5.41) is 8.66. The maximum Gasteiger partial charge on any atom is 0.340 e. The van der Waals surface area contributed by atoms with Crippen LogP contribution in [0.1, 0.15) is 28.0 Å². The third-order valence-electron chi connectivity index (χ3n) is 1.74. The molecule has 1 aromatic rings. The normalized spacial score (nSPS) is 10.0. The minimum atomic E-state index is -2.85. The van der Waals surface area contributed by atoms with Crippen molar-refractivity contribution in [3.05, 3.63) is 26.6 Å². The van der Waals surface area contributed by atoms with E-state index in [9.17, 15) is 13.6 Å². The second-order valence-electron chi connectivity index (χ2n) is 2.66. The van der Waals surface area contributed by atoms with Gasteiger partial charge in [0, 0.05) is 0 Å². The molecule has 0 saturated carbocycles. The standard InChI is InChI=1S/C9H5F2IN2O2/c1-16-9(15)5-2-4(3-13)6(7(10)11)14-8(5)12/h2,7H,1H3. The number of alkyl halides is 2. The Morgan fingerprint density at radius 2 is 2.31 bits per heavy atom. The Morgan fingerprint density at radius 1 is 1.69 bits per heavy atom. The molecule has 0 radical (unpaired) electrons. The van der Waals surface area contributed by atoms with E-state index in [1.165, 1.54) is 0 Å². The van der Waals surface area contributed by atoms with Gasteiger partial charge in [0.15, 0.2) is 0 Å². The van der Waals surface area contributed by atoms with Gasteiger partial charge in [-0.05, 0) is 28.7 Å². The summed E-state index contributed by atoms with van der Waals surface area (Å²) in [4.78, 5) is 14.7. The topological polar surface area (TPSA) is 63.0 Å². The van der Waals surface area contributed by atoms with Crippen LogP contribution in [0.25, 0.3) is 0 Å². The minimum absolute atomic E-state index is 0.00375. The van der Waals surface area contributed by atoms with Crippen LogP contribution in [-0.2, 0) is 4.74 Å². The second-order valence-corrected chi connectivity index (χ2v) is 3.69. The number of aromatic nitrogens is 1. The third kappa shape index (κ3) is 2.44. The van der Waals surface area contributed by atoms with E-state index in [0.717, 1.165) is 13.2 Å². The van der Waals surface area contributed by atoms with Gasteiger partial charge in [0.05, 0.1) is 18.2 Å². The first kappa shape index (κ1) is 12.8. The highest BCUT2D eigenvalue weighted by Gasteiger charge is 2.21. The fraction of sp³-hybridized carbons (Fsp3) is 0.222. The average molecular weight is 338 g/mol. The molecule has 7 heteroatoms. The summed E-state index contributed by atoms with van der Waals surface area (Å²) in [5.41, 5.74) is -0.945. The van der Waals surface area contributed by atoms with E-state index in [1.807, 2.05) is 0 Å². The molecule has 0 atom stereocenters. The first-order valence-corrected chi connectivity index (χ1v) is 5.06. The summed E-state index contributed by atoms with van der Waals surface area (Å²) in [6.07, 6.45) is -2.85. The van der Waals surface area contributed by atoms with Gasteiger partial charge in [0.1, 0.15) is 15.5 Å². The van der Waals surface area contributed by atoms with Gasteiger partial charge in [-0.15, -0.1) is 0 Å². The summed E-state index contributed by atoms with van der Waals surface area (Å²) in [6, 6.07) is 2.63. The molecule has 0 unspecified atom stereocenters. The molecular formula is C9H5F2IN2O2. The number of methoxy groups -OCH3 is 1. The molecule has 1 aromatic heterocycles. The number of ether oxygens (including phenoxy) is 1. The number of nitriles is 1. The number of hydrogen-bond acceptors (Lipinski definition) is 4. The monoisotopic (exact) mass is 338 g/mol. The fourth-order valence-electron chi connectivity index (χ4n) is 1.01. The lowest BCUT2D eigenvalue weighted by Gasteiger charge is -2.06. The summed E-state index contributed by atoms with van der Waals surface area (Å²) >= 11 is 1.64. The van der Waals surface area contributed by atoms with E-state index in [2.05, 4.69) is 9.72 Å². The van der Waals surface area contributed by atoms with Crippen molar-refractivity contribution < 1.29 is 18.3 Å². The van der Waals surface area contributed by atoms with Crippen LogP contribution >= 0.6 is 22.6 Å². The molecule has 1 rings (SSSR count). The van der Waals surface area contributed by atoms with E-state index >= 15 is 0 Å². The number of esters is 1. The highest BCUT2D eigenvalue weighted by molar-refractivity contribution is 14.1. The van der Waals surface area contributed by atoms with E-state index < -0.39 is 18.1 Å². The Kier molecular flexibility index (Phi) is 4.12. The number of nitrogens with zero attached hydrogens (tertiary/aromatic N) is 2. The van der Waals surface area contributed by atoms with Crippen LogP contribution in [0.5, 0.6) is 0 Å². The molecule has 0 spiro atoms. The van der Waals surface area contributed by atoms with Crippen molar-refractivity contribution in [2.45, 2.75) is 6.43 Å². The lowest BCUT2D eigenvalue weighted by atomic mass is 10.1. The molecule has 1 heterocycles. The molecule has 0 bridgehead atoms. The summed E-state index contributed by atoms with van der Waals surface area (Å²) in [5.74, 6) is -0.714. The smallest absolute Gasteiger partial charge is 0.340 e. The number of rotatable bonds is 2. The maximum atomic E-state index is 12.5. The molecule has 0 saturated heterocycles. The molecule has 0 fully saturated rings. The number of halogens is 3. The van der Waals surface area contributed by atoms with E-state index in [1.54, 1.807) is 28.7 Å². The highest BCUT2D eigenvalue weighted by atomic mass is 127. The van der Waals surface area contributed by atoms with Gasteiger partial charge in [-0.2, -0.15) is 5.26 Å². The first-order valence-electron chi connectivity index (χ1n) is 3.98. The minimum Gasteiger partial charge on any atom is -0.465 e. The van der Waals surface area contributed by atoms with Gasteiger partial charge in [-0.1, -0.05) is 0 Å². The van der Waals surface area contributed by atoms with Gasteiger partial charge in [0.25, 0.3) is 6.43 Å². The van der Waals surface area contributed by atoms with Gasteiger partial charge in [0.2, 0.25) is 0 Å². The zero-order valence-corrected chi connectivity index (χ0v) is 10.2. The largest absolute Gasteiger partial charge is 0.465 e. The number of carbonyl (C=O) groups is 1. The quantitative estimate of drug-likeness (QED) is 0.472. The number of carbonyl (C=O) groups excluding carboxylic acids is 1. The van der Waals surface area contributed by atoms with Crippen LogP contribution in [0, 0.1) is 15.0 Å². The zero-order chi connectivity index (χ0) is 12.3. The Hall–Kier alpha value is -1.30. The van der Waals surface area contributed by atoms with E-state index in [4.69, 9.17) is 5.26 Å². The van der Waals surface area contributed by atoms with Crippen LogP contribution in [0.3, 0.4) is 0 Å². The van der Waals surface area contributed by atoms with Crippen LogP contribution < -0.4 is 0 Å². The van der Waals surface area contributed by atoms with Crippen molar-refractivity contribution in [3.63, 3.8) is 0 Å². The maximum absolute atomic E-state index is 12.5. The average Bonchev–Trinajstić information content (AvgIpc) is 2.27. The third-order valence-corrected chi connectivity index (χ3v) is 2.56. The van der Waals surface area contributed by atoms with Gasteiger partial charge in [-0.25, -0.2) is 18.6 Å². The van der Waals surface area contributed by atoms with Crippen molar-refractivity contribution in [1.29, 1.82) is 5.26 Å². The van der Waals surface area contributed by atoms with Crippen LogP contribution in [0.2, 0.25) is 0 Å². The predicted molar refractivity (Wildman–Crippen MR) is 58.0 cm³/mol. The number of hydrogen-bond donors (Lipinski definition) is 0. The van der Waals surface area contributed by atoms with Crippen molar-refractivity contribution in [2.75, 3.05) is 7.11 Å². The van der Waals surface area contributed by atoms with E-state index in [0.29, 0.717) is 0 Å². The molecule has 0 amide bonds. The van der Waals surface area contributed by atoms with Crippen molar-refractivity contribution in [1.82, 2.24) is 4.98 Å². The Labute approximate surface area is 103 Å². The molecule has 0 aliphatic heterocycles. The molecule has 0 aliphatic carbocycles. The number of pyridine rings is 1. The van der Waals surface area contributed by atoms with Crippen LogP contribution in [0.4, 0.5) is 8.78 Å². The lowest BCUT2D eigenvalue weighted by Crippen LogP contribution is -2.09. The van der Waals surface area contributed by atoms with E-state index in [-0.39, 0.29) is 14.8 Å². The Balaban J connectivity index is 3.38. The van der Waals surface area contributed by atoms with Gasteiger partial charge >= 0.3 is 5.97 Å². The van der Waals surface area contributed by atoms with Crippen molar-refractivity contribution >= 4 is 28.6 Å². The Bertz CT molecular complexity index is 471. The summed E-state index contributed by atoms with van der Waals surface area (Å²) < 4.78 is 29.5. The molecule has 4 nitrogen and oxygen atoms in total. The summed E-state index contributed by atoms with van der Waals surface area (Å²) in [6.45, 7) is 0. The van der Waals surface area contributed by atoms with Crippen molar-refractivity contribution in [2.24, 2.45) is 0 Å². The highest BCUT2D eigenvalue weighted by Crippen LogP contribution is 2.24. The molecule has 16 heavy (non-hydrogen) atoms. The molecule has 84 valence electrons. The van der Waals surface area contributed by atoms with Crippen molar-refractivity contribution in [3.8, 4) is 6.07 Å².